The maximum Gasteiger partial charge on any atom is 0.315 e. The Bertz CT molecular complexity index is 1550. The lowest BCUT2D eigenvalue weighted by Crippen LogP contribution is -2.71. The number of rotatable bonds is 5. The fourth-order valence-electron chi connectivity index (χ4n) is 7.63. The van der Waals surface area contributed by atoms with Gasteiger partial charge in [-0.05, 0) is 55.4 Å². The number of aromatic hydroxyl groups is 1. The number of hydrogen-bond donors (Lipinski definition) is 4. The number of benzene rings is 2. The van der Waals surface area contributed by atoms with Crippen molar-refractivity contribution in [3.05, 3.63) is 64.2 Å². The topological polar surface area (TPSA) is 158 Å². The first-order chi connectivity index (χ1) is 19.6. The van der Waals surface area contributed by atoms with E-state index in [1.165, 1.54) is 0 Å². The molecule has 3 aliphatic rings. The van der Waals surface area contributed by atoms with Crippen molar-refractivity contribution in [1.29, 1.82) is 0 Å². The Hall–Kier alpha value is -3.82. The van der Waals surface area contributed by atoms with E-state index in [1.54, 1.807) is 50.2 Å². The quantitative estimate of drug-likeness (QED) is 0.236. The highest BCUT2D eigenvalue weighted by Crippen LogP contribution is 2.62. The Balaban J connectivity index is 1.65. The van der Waals surface area contributed by atoms with Crippen LogP contribution in [-0.2, 0) is 32.0 Å². The van der Waals surface area contributed by atoms with E-state index in [1.807, 2.05) is 13.8 Å². The lowest BCUT2D eigenvalue weighted by molar-refractivity contribution is -0.192. The molecule has 9 heteroatoms. The molecule has 0 heterocycles. The molecule has 5 atom stereocenters. The van der Waals surface area contributed by atoms with E-state index in [-0.39, 0.29) is 48.3 Å². The number of phenols is 1. The van der Waals surface area contributed by atoms with Crippen molar-refractivity contribution in [2.45, 2.75) is 77.9 Å². The fraction of sp³-hybridized carbons (Fsp3) is 0.455. The molecule has 2 aromatic rings. The molecule has 0 aliphatic heterocycles. The molecule has 0 spiro atoms. The highest BCUT2D eigenvalue weighted by atomic mass is 16.5. The predicted molar refractivity (Wildman–Crippen MR) is 152 cm³/mol. The van der Waals surface area contributed by atoms with Crippen molar-refractivity contribution in [3.8, 4) is 11.5 Å². The molecule has 0 saturated heterocycles. The van der Waals surface area contributed by atoms with Crippen molar-refractivity contribution in [3.63, 3.8) is 0 Å². The molecule has 0 radical (unpaired) electrons. The number of ketones is 3. The van der Waals surface area contributed by atoms with Crippen molar-refractivity contribution in [1.82, 2.24) is 0 Å². The zero-order valence-corrected chi connectivity index (χ0v) is 24.4. The van der Waals surface area contributed by atoms with Gasteiger partial charge in [0, 0.05) is 22.0 Å². The molecule has 9 nitrogen and oxygen atoms in total. The van der Waals surface area contributed by atoms with E-state index in [9.17, 15) is 39.6 Å². The minimum Gasteiger partial charge on any atom is -0.507 e. The van der Waals surface area contributed by atoms with Crippen LogP contribution in [0, 0.1) is 16.7 Å². The maximum absolute atomic E-state index is 14.2. The second-order valence-electron chi connectivity index (χ2n) is 12.9. The number of carbonyl (C=O) groups is 4. The van der Waals surface area contributed by atoms with Gasteiger partial charge in [0.1, 0.15) is 29.0 Å². The Labute approximate surface area is 243 Å². The molecule has 0 aromatic heterocycles. The van der Waals surface area contributed by atoms with Crippen LogP contribution in [0.4, 0.5) is 0 Å². The van der Waals surface area contributed by atoms with E-state index >= 15 is 0 Å². The van der Waals surface area contributed by atoms with Crippen LogP contribution in [-0.4, -0.2) is 55.5 Å². The Morgan fingerprint density at radius 1 is 1.10 bits per heavy atom. The first-order valence-corrected chi connectivity index (χ1v) is 14.1. The van der Waals surface area contributed by atoms with Gasteiger partial charge >= 0.3 is 5.97 Å². The number of para-hydroxylation sites is 1. The van der Waals surface area contributed by atoms with E-state index < -0.39 is 63.3 Å². The third-order valence-corrected chi connectivity index (χ3v) is 9.43. The number of esters is 1. The summed E-state index contributed by atoms with van der Waals surface area (Å²) in [5.74, 6) is -5.73. The minimum atomic E-state index is -2.66. The van der Waals surface area contributed by atoms with E-state index in [4.69, 9.17) is 4.74 Å². The third-order valence-electron chi connectivity index (χ3n) is 9.43. The smallest absolute Gasteiger partial charge is 0.315 e. The summed E-state index contributed by atoms with van der Waals surface area (Å²) in [4.78, 5) is 52.8. The molecule has 5 rings (SSSR count). The average molecular weight is 577 g/mol. The van der Waals surface area contributed by atoms with Crippen molar-refractivity contribution < 1.29 is 44.3 Å². The average Bonchev–Trinajstić information content (AvgIpc) is 2.87. The van der Waals surface area contributed by atoms with Crippen molar-refractivity contribution in [2.75, 3.05) is 0 Å². The number of Topliss-reactive ketones (excluding diaryl/α,β-unsaturated/α-hetero) is 3. The normalized spacial score (nSPS) is 30.5. The first-order valence-electron chi connectivity index (χ1n) is 14.1. The van der Waals surface area contributed by atoms with Crippen LogP contribution in [0.5, 0.6) is 11.5 Å². The van der Waals surface area contributed by atoms with Gasteiger partial charge in [0.2, 0.25) is 5.78 Å². The SMILES string of the molecule is CC(=O)C1C(=O)C2(O)C(=O)C3=C(O)c4c(O)c(CC(=O)Oc5ccccc5)cc(C(C)C)c4CC3(C)CC2(C)CC1O. The third kappa shape index (κ3) is 4.21. The fourth-order valence-corrected chi connectivity index (χ4v) is 7.63. The van der Waals surface area contributed by atoms with E-state index in [0.717, 1.165) is 12.5 Å². The zero-order valence-electron chi connectivity index (χ0n) is 24.4. The van der Waals surface area contributed by atoms with E-state index in [0.29, 0.717) is 11.3 Å². The van der Waals surface area contributed by atoms with Crippen molar-refractivity contribution in [2.24, 2.45) is 16.7 Å². The molecule has 5 unspecified atom stereocenters. The number of carbonyl (C=O) groups excluding carboxylic acids is 4. The number of aliphatic hydroxyl groups excluding tert-OH is 2. The lowest BCUT2D eigenvalue weighted by atomic mass is 9.45. The van der Waals surface area contributed by atoms with Crippen LogP contribution >= 0.6 is 0 Å². The summed E-state index contributed by atoms with van der Waals surface area (Å²) in [7, 11) is 0. The number of ether oxygens (including phenoxy) is 1. The summed E-state index contributed by atoms with van der Waals surface area (Å²) >= 11 is 0. The Kier molecular flexibility index (Phi) is 6.98. The van der Waals surface area contributed by atoms with Crippen LogP contribution < -0.4 is 4.74 Å². The number of aliphatic hydroxyl groups is 3. The zero-order chi connectivity index (χ0) is 30.9. The number of hydrogen-bond acceptors (Lipinski definition) is 9. The monoisotopic (exact) mass is 576 g/mol. The highest BCUT2D eigenvalue weighted by Gasteiger charge is 2.71. The van der Waals surface area contributed by atoms with Gasteiger partial charge in [-0.25, -0.2) is 0 Å². The second-order valence-corrected chi connectivity index (χ2v) is 12.9. The van der Waals surface area contributed by atoms with Gasteiger partial charge in [0.05, 0.1) is 18.1 Å². The number of phenolic OH excluding ortho intramolecular Hbond substituents is 1. The van der Waals surface area contributed by atoms with Gasteiger partial charge in [0.25, 0.3) is 0 Å². The molecule has 2 aromatic carbocycles. The molecule has 2 saturated carbocycles. The van der Waals surface area contributed by atoms with Gasteiger partial charge in [-0.2, -0.15) is 0 Å². The maximum atomic E-state index is 14.2. The summed E-state index contributed by atoms with van der Waals surface area (Å²) in [6, 6.07) is 10.2. The van der Waals surface area contributed by atoms with E-state index in [2.05, 4.69) is 0 Å². The first kappa shape index (κ1) is 29.7. The molecule has 0 amide bonds. The standard InChI is InChI=1S/C33H36O9/c1-16(2)20-11-18(12-23(36)42-19-9-7-6-8-10-19)27(37)25-21(20)13-31(4)15-32(5)14-22(35)24(17(3)34)29(39)33(32,41)30(40)26(31)28(25)38/h6-11,16,22,24,35,37-38,41H,12-15H2,1-5H3. The summed E-state index contributed by atoms with van der Waals surface area (Å²) in [6.45, 7) is 8.30. The number of fused-ring (bicyclic) bond motifs is 3. The summed E-state index contributed by atoms with van der Waals surface area (Å²) in [5, 5.41) is 45.7. The minimum absolute atomic E-state index is 0.0249. The highest BCUT2D eigenvalue weighted by molar-refractivity contribution is 6.25. The molecule has 222 valence electrons. The van der Waals surface area contributed by atoms with Crippen LogP contribution in [0.15, 0.2) is 42.0 Å². The molecular weight excluding hydrogens is 540 g/mol. The van der Waals surface area contributed by atoms with Crippen molar-refractivity contribution >= 4 is 29.1 Å². The summed E-state index contributed by atoms with van der Waals surface area (Å²) < 4.78 is 5.40. The van der Waals surface area contributed by atoms with Crippen LogP contribution in [0.1, 0.15) is 75.6 Å². The predicted octanol–water partition coefficient (Wildman–Crippen LogP) is 3.74. The lowest BCUT2D eigenvalue weighted by Gasteiger charge is -2.58. The molecule has 0 bridgehead atoms. The molecule has 42 heavy (non-hydrogen) atoms. The van der Waals surface area contributed by atoms with Gasteiger partial charge in [-0.3, -0.25) is 19.2 Å². The molecule has 4 N–H and O–H groups in total. The Morgan fingerprint density at radius 3 is 2.33 bits per heavy atom. The van der Waals surface area contributed by atoms with Gasteiger partial charge in [0.15, 0.2) is 11.4 Å². The second kappa shape index (κ2) is 9.88. The summed E-state index contributed by atoms with van der Waals surface area (Å²) in [6.07, 6.45) is -1.60. The van der Waals surface area contributed by atoms with Crippen LogP contribution in [0.25, 0.3) is 5.76 Å². The Morgan fingerprint density at radius 2 is 1.74 bits per heavy atom. The molecule has 2 fully saturated rings. The van der Waals surface area contributed by atoms with Crippen LogP contribution in [0.3, 0.4) is 0 Å². The largest absolute Gasteiger partial charge is 0.507 e. The van der Waals surface area contributed by atoms with Gasteiger partial charge in [-0.15, -0.1) is 0 Å². The van der Waals surface area contributed by atoms with Gasteiger partial charge in [-0.1, -0.05) is 52.0 Å². The van der Waals surface area contributed by atoms with Crippen LogP contribution in [0.2, 0.25) is 0 Å². The molecular formula is C33H36O9. The summed E-state index contributed by atoms with van der Waals surface area (Å²) in [5.41, 5.74) is -3.83. The van der Waals surface area contributed by atoms with Gasteiger partial charge < -0.3 is 25.2 Å². The molecule has 3 aliphatic carbocycles.